The standard InChI is InChI=1S/C40H23N3S2/c1-2-11-24(12-3-1)25-13-10-14-26(23-25)38-37-29-17-6-9-20-33(29)45-39(37)42-40(41-38)43-30-18-7-4-15-27(30)35-31(43)21-22-34-36(35)28-16-5-8-19-32(28)44-34/h1-23H. The molecule has 0 spiro atoms. The van der Waals surface area contributed by atoms with Crippen LogP contribution in [0.25, 0.3) is 90.6 Å². The fourth-order valence-electron chi connectivity index (χ4n) is 6.89. The number of hydrogen-bond donors (Lipinski definition) is 0. The minimum atomic E-state index is 0.694. The van der Waals surface area contributed by atoms with Gasteiger partial charge in [-0.2, -0.15) is 0 Å². The molecule has 10 rings (SSSR count). The van der Waals surface area contributed by atoms with Crippen molar-refractivity contribution >= 4 is 85.0 Å². The quantitative estimate of drug-likeness (QED) is 0.199. The molecule has 0 bridgehead atoms. The zero-order chi connectivity index (χ0) is 29.5. The Bertz CT molecular complexity index is 2770. The molecule has 6 aromatic carbocycles. The number of nitrogens with zero attached hydrogens (tertiary/aromatic N) is 3. The van der Waals surface area contributed by atoms with E-state index in [1.807, 2.05) is 11.3 Å². The first-order valence-electron chi connectivity index (χ1n) is 15.0. The van der Waals surface area contributed by atoms with Crippen LogP contribution in [-0.2, 0) is 0 Å². The summed E-state index contributed by atoms with van der Waals surface area (Å²) in [5.74, 6) is 0.694. The summed E-state index contributed by atoms with van der Waals surface area (Å²) in [6, 6.07) is 49.8. The third kappa shape index (κ3) is 3.69. The number of benzene rings is 6. The van der Waals surface area contributed by atoms with Crippen molar-refractivity contribution in [2.24, 2.45) is 0 Å². The highest BCUT2D eigenvalue weighted by Crippen LogP contribution is 2.44. The molecule has 0 amide bonds. The molecule has 0 aliphatic heterocycles. The minimum Gasteiger partial charge on any atom is -0.278 e. The maximum absolute atomic E-state index is 5.46. The van der Waals surface area contributed by atoms with Crippen molar-refractivity contribution in [3.05, 3.63) is 140 Å². The molecule has 4 aromatic heterocycles. The highest BCUT2D eigenvalue weighted by atomic mass is 32.1. The number of fused-ring (bicyclic) bond motifs is 10. The molecule has 210 valence electrons. The van der Waals surface area contributed by atoms with Crippen LogP contribution in [0, 0.1) is 0 Å². The van der Waals surface area contributed by atoms with E-state index in [0.29, 0.717) is 5.95 Å². The zero-order valence-electron chi connectivity index (χ0n) is 23.9. The summed E-state index contributed by atoms with van der Waals surface area (Å²) in [4.78, 5) is 11.8. The third-order valence-electron chi connectivity index (χ3n) is 8.85. The van der Waals surface area contributed by atoms with Gasteiger partial charge in [-0.05, 0) is 47.5 Å². The Morgan fingerprint density at radius 2 is 1.09 bits per heavy atom. The van der Waals surface area contributed by atoms with E-state index in [-0.39, 0.29) is 0 Å². The number of hydrogen-bond acceptors (Lipinski definition) is 4. The van der Waals surface area contributed by atoms with E-state index in [0.717, 1.165) is 32.5 Å². The molecule has 0 radical (unpaired) electrons. The summed E-state index contributed by atoms with van der Waals surface area (Å²) in [5.41, 5.74) is 6.63. The van der Waals surface area contributed by atoms with Crippen molar-refractivity contribution in [3.8, 4) is 28.3 Å². The molecule has 10 aromatic rings. The fourth-order valence-corrected chi connectivity index (χ4v) is 9.07. The van der Waals surface area contributed by atoms with Gasteiger partial charge in [-0.15, -0.1) is 22.7 Å². The smallest absolute Gasteiger partial charge is 0.236 e. The first kappa shape index (κ1) is 25.0. The van der Waals surface area contributed by atoms with E-state index in [4.69, 9.17) is 9.97 Å². The van der Waals surface area contributed by atoms with E-state index < -0.39 is 0 Å². The molecule has 0 aliphatic rings. The molecule has 0 fully saturated rings. The van der Waals surface area contributed by atoms with Gasteiger partial charge in [-0.3, -0.25) is 4.57 Å². The van der Waals surface area contributed by atoms with E-state index in [1.165, 1.54) is 52.2 Å². The van der Waals surface area contributed by atoms with Gasteiger partial charge in [-0.25, -0.2) is 9.97 Å². The minimum absolute atomic E-state index is 0.694. The summed E-state index contributed by atoms with van der Waals surface area (Å²) in [5, 5.41) is 7.38. The molecule has 0 N–H and O–H groups in total. The van der Waals surface area contributed by atoms with Crippen LogP contribution < -0.4 is 0 Å². The van der Waals surface area contributed by atoms with E-state index in [9.17, 15) is 0 Å². The van der Waals surface area contributed by atoms with Crippen LogP contribution >= 0.6 is 22.7 Å². The average molecular weight is 610 g/mol. The Kier molecular flexibility index (Phi) is 5.32. The number of para-hydroxylation sites is 1. The number of rotatable bonds is 3. The fraction of sp³-hybridized carbons (Fsp3) is 0. The lowest BCUT2D eigenvalue weighted by molar-refractivity contribution is 1.02. The Hall–Kier alpha value is -5.36. The molecule has 0 saturated heterocycles. The lowest BCUT2D eigenvalue weighted by atomic mass is 10.00. The van der Waals surface area contributed by atoms with Crippen LogP contribution in [-0.4, -0.2) is 14.5 Å². The second-order valence-electron chi connectivity index (χ2n) is 11.4. The second-order valence-corrected chi connectivity index (χ2v) is 13.5. The van der Waals surface area contributed by atoms with E-state index in [2.05, 4.69) is 144 Å². The Balaban J connectivity index is 1.32. The zero-order valence-corrected chi connectivity index (χ0v) is 25.6. The van der Waals surface area contributed by atoms with Crippen molar-refractivity contribution in [2.75, 3.05) is 0 Å². The molecular formula is C40H23N3S2. The van der Waals surface area contributed by atoms with Gasteiger partial charge in [0.1, 0.15) is 4.83 Å². The SMILES string of the molecule is c1ccc(-c2cccc(-c3nc(-n4c5ccccc5c5c6c(ccc54)sc4ccccc46)nc4sc5ccccc5c34)c2)cc1. The van der Waals surface area contributed by atoms with Gasteiger partial charge in [0.05, 0.1) is 16.7 Å². The van der Waals surface area contributed by atoms with Crippen LogP contribution in [0.3, 0.4) is 0 Å². The van der Waals surface area contributed by atoms with Crippen molar-refractivity contribution in [1.29, 1.82) is 0 Å². The summed E-state index contributed by atoms with van der Waals surface area (Å²) in [6.45, 7) is 0. The van der Waals surface area contributed by atoms with Crippen molar-refractivity contribution in [3.63, 3.8) is 0 Å². The van der Waals surface area contributed by atoms with Gasteiger partial charge in [0.2, 0.25) is 5.95 Å². The van der Waals surface area contributed by atoms with Crippen LogP contribution in [0.15, 0.2) is 140 Å². The first-order chi connectivity index (χ1) is 22.3. The first-order valence-corrected chi connectivity index (χ1v) is 16.6. The summed E-state index contributed by atoms with van der Waals surface area (Å²) < 4.78 is 6.09. The second kappa shape index (κ2) is 9.57. The molecule has 5 heteroatoms. The van der Waals surface area contributed by atoms with Gasteiger partial charge < -0.3 is 0 Å². The van der Waals surface area contributed by atoms with Crippen LogP contribution in [0.1, 0.15) is 0 Å². The monoisotopic (exact) mass is 609 g/mol. The molecule has 0 atom stereocenters. The molecule has 45 heavy (non-hydrogen) atoms. The van der Waals surface area contributed by atoms with Crippen molar-refractivity contribution in [1.82, 2.24) is 14.5 Å². The maximum Gasteiger partial charge on any atom is 0.236 e. The maximum atomic E-state index is 5.46. The van der Waals surface area contributed by atoms with Crippen molar-refractivity contribution in [2.45, 2.75) is 0 Å². The number of aromatic nitrogens is 3. The molecule has 4 heterocycles. The van der Waals surface area contributed by atoms with Gasteiger partial charge in [-0.1, -0.05) is 103 Å². The van der Waals surface area contributed by atoms with Gasteiger partial charge in [0, 0.05) is 52.0 Å². The largest absolute Gasteiger partial charge is 0.278 e. The van der Waals surface area contributed by atoms with E-state index >= 15 is 0 Å². The number of thiophene rings is 2. The predicted molar refractivity (Wildman–Crippen MR) is 193 cm³/mol. The highest BCUT2D eigenvalue weighted by molar-refractivity contribution is 7.26. The van der Waals surface area contributed by atoms with Gasteiger partial charge in [0.15, 0.2) is 0 Å². The predicted octanol–water partition coefficient (Wildman–Crippen LogP) is 11.6. The van der Waals surface area contributed by atoms with Crippen LogP contribution in [0.4, 0.5) is 0 Å². The van der Waals surface area contributed by atoms with E-state index in [1.54, 1.807) is 11.3 Å². The Labute approximate surface area is 266 Å². The normalized spacial score (nSPS) is 12.0. The van der Waals surface area contributed by atoms with Crippen molar-refractivity contribution < 1.29 is 0 Å². The summed E-state index contributed by atoms with van der Waals surface area (Å²) in [7, 11) is 0. The molecule has 0 aliphatic carbocycles. The average Bonchev–Trinajstić information content (AvgIpc) is 3.77. The van der Waals surface area contributed by atoms with Gasteiger partial charge in [0.25, 0.3) is 0 Å². The molecule has 0 saturated carbocycles. The third-order valence-corrected chi connectivity index (χ3v) is 11.0. The summed E-state index contributed by atoms with van der Waals surface area (Å²) in [6.07, 6.45) is 0. The van der Waals surface area contributed by atoms with Crippen LogP contribution in [0.5, 0.6) is 0 Å². The molecular weight excluding hydrogens is 587 g/mol. The Morgan fingerprint density at radius 3 is 1.93 bits per heavy atom. The van der Waals surface area contributed by atoms with Gasteiger partial charge >= 0.3 is 0 Å². The topological polar surface area (TPSA) is 30.7 Å². The molecule has 3 nitrogen and oxygen atoms in total. The summed E-state index contributed by atoms with van der Waals surface area (Å²) >= 11 is 3.59. The lowest BCUT2D eigenvalue weighted by Crippen LogP contribution is -2.02. The Morgan fingerprint density at radius 1 is 0.422 bits per heavy atom. The highest BCUT2D eigenvalue weighted by Gasteiger charge is 2.22. The molecule has 0 unspecified atom stereocenters. The lowest BCUT2D eigenvalue weighted by Gasteiger charge is -2.11. The van der Waals surface area contributed by atoms with Crippen LogP contribution in [0.2, 0.25) is 0 Å².